The van der Waals surface area contributed by atoms with Crippen molar-refractivity contribution in [1.29, 1.82) is 0 Å². The van der Waals surface area contributed by atoms with Crippen LogP contribution in [0.5, 0.6) is 11.5 Å². The van der Waals surface area contributed by atoms with Gasteiger partial charge in [-0.05, 0) is 56.9 Å². The Labute approximate surface area is 161 Å². The molecule has 0 amide bonds. The van der Waals surface area contributed by atoms with E-state index in [0.29, 0.717) is 0 Å². The largest absolute Gasteiger partial charge is 0.493 e. The zero-order valence-electron chi connectivity index (χ0n) is 16.9. The predicted octanol–water partition coefficient (Wildman–Crippen LogP) is 4.76. The fourth-order valence-corrected chi connectivity index (χ4v) is 4.42. The van der Waals surface area contributed by atoms with Crippen molar-refractivity contribution in [3.05, 3.63) is 52.8 Å². The van der Waals surface area contributed by atoms with Crippen LogP contribution in [0, 0.1) is 0 Å². The standard InChI is InChI=1S/C23H28N2O2/c1-6-23(7-2)14-17-19-16(12-18(26-5)21(17)27-23)13-22(3,4)25-20(19)15-8-10-24-11-9-15/h8-12H,6-7,13-14H2,1-5H3. The second kappa shape index (κ2) is 6.36. The molecule has 1 aromatic heterocycles. The molecular weight excluding hydrogens is 336 g/mol. The Bertz CT molecular complexity index is 896. The van der Waals surface area contributed by atoms with E-state index in [4.69, 9.17) is 14.5 Å². The summed E-state index contributed by atoms with van der Waals surface area (Å²) in [6, 6.07) is 6.25. The van der Waals surface area contributed by atoms with Crippen molar-refractivity contribution in [2.45, 2.75) is 64.5 Å². The van der Waals surface area contributed by atoms with Gasteiger partial charge in [0, 0.05) is 35.5 Å². The van der Waals surface area contributed by atoms with Crippen LogP contribution in [-0.4, -0.2) is 28.9 Å². The van der Waals surface area contributed by atoms with Crippen LogP contribution in [0.3, 0.4) is 0 Å². The average Bonchev–Trinajstić information content (AvgIpc) is 3.07. The lowest BCUT2D eigenvalue weighted by molar-refractivity contribution is 0.0828. The second-order valence-corrected chi connectivity index (χ2v) is 8.28. The lowest BCUT2D eigenvalue weighted by atomic mass is 9.80. The van der Waals surface area contributed by atoms with E-state index in [1.54, 1.807) is 7.11 Å². The Morgan fingerprint density at radius 2 is 1.81 bits per heavy atom. The van der Waals surface area contributed by atoms with E-state index >= 15 is 0 Å². The molecule has 2 aliphatic rings. The number of methoxy groups -OCH3 is 1. The number of fused-ring (bicyclic) bond motifs is 3. The lowest BCUT2D eigenvalue weighted by Crippen LogP contribution is -2.33. The molecule has 1 aromatic carbocycles. The molecule has 2 aliphatic heterocycles. The van der Waals surface area contributed by atoms with E-state index in [1.165, 1.54) is 16.7 Å². The van der Waals surface area contributed by atoms with Crippen LogP contribution in [0.4, 0.5) is 0 Å². The Balaban J connectivity index is 1.97. The van der Waals surface area contributed by atoms with Crippen LogP contribution >= 0.6 is 0 Å². The first-order valence-corrected chi connectivity index (χ1v) is 9.84. The minimum absolute atomic E-state index is 0.152. The number of rotatable bonds is 4. The summed E-state index contributed by atoms with van der Waals surface area (Å²) < 4.78 is 12.3. The van der Waals surface area contributed by atoms with E-state index in [1.807, 2.05) is 24.5 Å². The molecule has 0 spiro atoms. The van der Waals surface area contributed by atoms with Crippen molar-refractivity contribution in [3.63, 3.8) is 0 Å². The molecule has 0 fully saturated rings. The van der Waals surface area contributed by atoms with Gasteiger partial charge in [-0.2, -0.15) is 0 Å². The molecule has 2 aromatic rings. The van der Waals surface area contributed by atoms with Crippen LogP contribution in [0.15, 0.2) is 35.6 Å². The molecule has 0 unspecified atom stereocenters. The Morgan fingerprint density at radius 3 is 2.44 bits per heavy atom. The van der Waals surface area contributed by atoms with Crippen molar-refractivity contribution in [2.24, 2.45) is 4.99 Å². The first-order valence-electron chi connectivity index (χ1n) is 9.84. The third kappa shape index (κ3) is 2.91. The summed E-state index contributed by atoms with van der Waals surface area (Å²) in [4.78, 5) is 9.33. The summed E-state index contributed by atoms with van der Waals surface area (Å²) in [5.74, 6) is 1.75. The summed E-state index contributed by atoms with van der Waals surface area (Å²) in [7, 11) is 1.73. The van der Waals surface area contributed by atoms with Gasteiger partial charge >= 0.3 is 0 Å². The molecule has 0 aliphatic carbocycles. The SMILES string of the molecule is CCC1(CC)Cc2c(c(OC)cc3c2C(c2ccncc2)=NC(C)(C)C3)O1. The molecule has 4 nitrogen and oxygen atoms in total. The maximum atomic E-state index is 6.52. The highest BCUT2D eigenvalue weighted by atomic mass is 16.5. The van der Waals surface area contributed by atoms with Gasteiger partial charge in [0.1, 0.15) is 5.60 Å². The maximum absolute atomic E-state index is 6.52. The smallest absolute Gasteiger partial charge is 0.166 e. The van der Waals surface area contributed by atoms with Gasteiger partial charge in [0.2, 0.25) is 0 Å². The van der Waals surface area contributed by atoms with Gasteiger partial charge < -0.3 is 9.47 Å². The van der Waals surface area contributed by atoms with Gasteiger partial charge in [0.05, 0.1) is 18.4 Å². The zero-order valence-corrected chi connectivity index (χ0v) is 16.9. The molecule has 0 saturated heterocycles. The van der Waals surface area contributed by atoms with Crippen molar-refractivity contribution >= 4 is 5.71 Å². The number of aliphatic imine (C=N–C) groups is 1. The highest BCUT2D eigenvalue weighted by molar-refractivity contribution is 6.16. The molecule has 27 heavy (non-hydrogen) atoms. The van der Waals surface area contributed by atoms with E-state index < -0.39 is 0 Å². The molecule has 4 heteroatoms. The molecule has 142 valence electrons. The van der Waals surface area contributed by atoms with Crippen molar-refractivity contribution in [3.8, 4) is 11.5 Å². The Morgan fingerprint density at radius 1 is 1.11 bits per heavy atom. The predicted molar refractivity (Wildman–Crippen MR) is 108 cm³/mol. The average molecular weight is 364 g/mol. The quantitative estimate of drug-likeness (QED) is 0.786. The van der Waals surface area contributed by atoms with E-state index in [9.17, 15) is 0 Å². The van der Waals surface area contributed by atoms with Crippen molar-refractivity contribution < 1.29 is 9.47 Å². The first-order chi connectivity index (χ1) is 12.9. The lowest BCUT2D eigenvalue weighted by Gasteiger charge is -2.31. The minimum Gasteiger partial charge on any atom is -0.493 e. The zero-order chi connectivity index (χ0) is 19.2. The third-order valence-electron chi connectivity index (χ3n) is 5.98. The summed E-state index contributed by atoms with van der Waals surface area (Å²) >= 11 is 0. The van der Waals surface area contributed by atoms with Gasteiger partial charge in [0.25, 0.3) is 0 Å². The van der Waals surface area contributed by atoms with Crippen LogP contribution in [0.2, 0.25) is 0 Å². The molecule has 0 saturated carbocycles. The normalized spacial score (nSPS) is 18.9. The molecule has 0 N–H and O–H groups in total. The van der Waals surface area contributed by atoms with Crippen LogP contribution in [-0.2, 0) is 12.8 Å². The fourth-order valence-electron chi connectivity index (χ4n) is 4.42. The number of hydrogen-bond donors (Lipinski definition) is 0. The summed E-state index contributed by atoms with van der Waals surface area (Å²) in [6.45, 7) is 8.79. The Hall–Kier alpha value is -2.36. The molecule has 0 bridgehead atoms. The summed E-state index contributed by atoms with van der Waals surface area (Å²) in [5, 5.41) is 0. The third-order valence-corrected chi connectivity index (χ3v) is 5.98. The van der Waals surface area contributed by atoms with Crippen LogP contribution in [0.25, 0.3) is 0 Å². The van der Waals surface area contributed by atoms with Gasteiger partial charge in [-0.3, -0.25) is 9.98 Å². The minimum atomic E-state index is -0.156. The summed E-state index contributed by atoms with van der Waals surface area (Å²) in [6.07, 6.45) is 7.42. The number of hydrogen-bond acceptors (Lipinski definition) is 4. The van der Waals surface area contributed by atoms with Gasteiger partial charge in [-0.15, -0.1) is 0 Å². The molecule has 0 atom stereocenters. The van der Waals surface area contributed by atoms with E-state index in [0.717, 1.165) is 48.5 Å². The van der Waals surface area contributed by atoms with Crippen LogP contribution in [0.1, 0.15) is 62.8 Å². The Kier molecular flexibility index (Phi) is 4.25. The highest BCUT2D eigenvalue weighted by Gasteiger charge is 2.42. The van der Waals surface area contributed by atoms with Gasteiger partial charge in [-0.1, -0.05) is 13.8 Å². The van der Waals surface area contributed by atoms with Gasteiger partial charge in [0.15, 0.2) is 11.5 Å². The number of aromatic nitrogens is 1. The molecular formula is C23H28N2O2. The number of pyridine rings is 1. The van der Waals surface area contributed by atoms with Crippen LogP contribution < -0.4 is 9.47 Å². The number of ether oxygens (including phenoxy) is 2. The van der Waals surface area contributed by atoms with Crippen molar-refractivity contribution in [1.82, 2.24) is 4.98 Å². The number of nitrogens with zero attached hydrogens (tertiary/aromatic N) is 2. The monoisotopic (exact) mass is 364 g/mol. The van der Waals surface area contributed by atoms with E-state index in [2.05, 4.69) is 38.7 Å². The second-order valence-electron chi connectivity index (χ2n) is 8.28. The fraction of sp³-hybridized carbons (Fsp3) is 0.478. The topological polar surface area (TPSA) is 43.7 Å². The summed E-state index contributed by atoms with van der Waals surface area (Å²) in [5.41, 5.74) is 5.63. The number of benzene rings is 1. The molecule has 4 rings (SSSR count). The van der Waals surface area contributed by atoms with E-state index in [-0.39, 0.29) is 11.1 Å². The maximum Gasteiger partial charge on any atom is 0.166 e. The van der Waals surface area contributed by atoms with Gasteiger partial charge in [-0.25, -0.2) is 0 Å². The molecule has 0 radical (unpaired) electrons. The van der Waals surface area contributed by atoms with Crippen molar-refractivity contribution in [2.75, 3.05) is 7.11 Å². The first kappa shape index (κ1) is 18.0. The molecule has 3 heterocycles. The highest BCUT2D eigenvalue weighted by Crippen LogP contribution is 2.49.